The molecule has 1 rings (SSSR count). The number of nitrogens with one attached hydrogen (secondary N) is 1. The Bertz CT molecular complexity index is 144. The summed E-state index contributed by atoms with van der Waals surface area (Å²) in [6.07, 6.45) is 7.57. The summed E-state index contributed by atoms with van der Waals surface area (Å²) in [4.78, 5) is 0. The first kappa shape index (κ1) is 8.58. The second-order valence-corrected chi connectivity index (χ2v) is 3.08. The SMILES string of the molecule is C#CCC(O)C1CCCNC1. The first-order chi connectivity index (χ1) is 5.34. The van der Waals surface area contributed by atoms with Crippen LogP contribution in [0.2, 0.25) is 0 Å². The highest BCUT2D eigenvalue weighted by Crippen LogP contribution is 2.15. The van der Waals surface area contributed by atoms with E-state index in [9.17, 15) is 5.11 Å². The van der Waals surface area contributed by atoms with Gasteiger partial charge in [-0.05, 0) is 25.3 Å². The average Bonchev–Trinajstić information content (AvgIpc) is 2.07. The molecule has 2 nitrogen and oxygen atoms in total. The monoisotopic (exact) mass is 153 g/mol. The molecule has 0 amide bonds. The summed E-state index contributed by atoms with van der Waals surface area (Å²) < 4.78 is 0. The van der Waals surface area contributed by atoms with Crippen LogP contribution in [0.4, 0.5) is 0 Å². The minimum atomic E-state index is -0.298. The molecule has 1 fully saturated rings. The number of rotatable bonds is 2. The van der Waals surface area contributed by atoms with Crippen molar-refractivity contribution in [3.63, 3.8) is 0 Å². The number of terminal acetylenes is 1. The van der Waals surface area contributed by atoms with E-state index in [1.54, 1.807) is 0 Å². The molecule has 0 aromatic rings. The molecule has 0 aliphatic carbocycles. The molecule has 2 heteroatoms. The topological polar surface area (TPSA) is 32.3 Å². The molecule has 0 aromatic carbocycles. The molecule has 0 bridgehead atoms. The average molecular weight is 153 g/mol. The second-order valence-electron chi connectivity index (χ2n) is 3.08. The van der Waals surface area contributed by atoms with E-state index in [1.807, 2.05) is 0 Å². The van der Waals surface area contributed by atoms with Gasteiger partial charge >= 0.3 is 0 Å². The molecule has 0 saturated carbocycles. The predicted octanol–water partition coefficient (Wildman–Crippen LogP) is 0.370. The Morgan fingerprint density at radius 3 is 3.09 bits per heavy atom. The lowest BCUT2D eigenvalue weighted by atomic mass is 9.92. The lowest BCUT2D eigenvalue weighted by Gasteiger charge is -2.26. The minimum absolute atomic E-state index is 0.298. The van der Waals surface area contributed by atoms with Gasteiger partial charge in [-0.1, -0.05) is 0 Å². The van der Waals surface area contributed by atoms with Crippen LogP contribution in [0.25, 0.3) is 0 Å². The van der Waals surface area contributed by atoms with Crippen molar-refractivity contribution in [1.82, 2.24) is 5.32 Å². The lowest BCUT2D eigenvalue weighted by Crippen LogP contribution is -2.36. The molecule has 1 aliphatic heterocycles. The number of hydrogen-bond donors (Lipinski definition) is 2. The molecule has 62 valence electrons. The van der Waals surface area contributed by atoms with Crippen molar-refractivity contribution in [2.24, 2.45) is 5.92 Å². The van der Waals surface area contributed by atoms with Crippen molar-refractivity contribution >= 4 is 0 Å². The van der Waals surface area contributed by atoms with Crippen LogP contribution in [-0.2, 0) is 0 Å². The Balaban J connectivity index is 2.27. The van der Waals surface area contributed by atoms with Gasteiger partial charge in [-0.3, -0.25) is 0 Å². The van der Waals surface area contributed by atoms with E-state index in [-0.39, 0.29) is 6.10 Å². The molecular formula is C9H15NO. The van der Waals surface area contributed by atoms with E-state index in [0.29, 0.717) is 12.3 Å². The maximum Gasteiger partial charge on any atom is 0.0689 e. The zero-order chi connectivity index (χ0) is 8.10. The van der Waals surface area contributed by atoms with E-state index >= 15 is 0 Å². The fourth-order valence-corrected chi connectivity index (χ4v) is 1.49. The summed E-state index contributed by atoms with van der Waals surface area (Å²) in [5.74, 6) is 2.86. The summed E-state index contributed by atoms with van der Waals surface area (Å²) in [6, 6.07) is 0. The number of aliphatic hydroxyl groups is 1. The van der Waals surface area contributed by atoms with Crippen molar-refractivity contribution in [1.29, 1.82) is 0 Å². The first-order valence-electron chi connectivity index (χ1n) is 4.17. The van der Waals surface area contributed by atoms with E-state index < -0.39 is 0 Å². The van der Waals surface area contributed by atoms with Crippen molar-refractivity contribution in [3.8, 4) is 12.3 Å². The van der Waals surface area contributed by atoms with Crippen LogP contribution in [-0.4, -0.2) is 24.3 Å². The lowest BCUT2D eigenvalue weighted by molar-refractivity contribution is 0.0964. The summed E-state index contributed by atoms with van der Waals surface area (Å²) in [5, 5.41) is 12.7. The molecule has 1 heterocycles. The van der Waals surface area contributed by atoms with Crippen LogP contribution >= 0.6 is 0 Å². The number of aliphatic hydroxyl groups excluding tert-OH is 1. The van der Waals surface area contributed by atoms with Crippen LogP contribution in [0.1, 0.15) is 19.3 Å². The van der Waals surface area contributed by atoms with E-state index in [4.69, 9.17) is 6.42 Å². The van der Waals surface area contributed by atoms with Crippen LogP contribution in [0.15, 0.2) is 0 Å². The summed E-state index contributed by atoms with van der Waals surface area (Å²) in [5.41, 5.74) is 0. The fraction of sp³-hybridized carbons (Fsp3) is 0.778. The van der Waals surface area contributed by atoms with Crippen LogP contribution < -0.4 is 5.32 Å². The van der Waals surface area contributed by atoms with Crippen molar-refractivity contribution in [2.45, 2.75) is 25.4 Å². The molecule has 0 radical (unpaired) electrons. The maximum atomic E-state index is 9.49. The van der Waals surface area contributed by atoms with E-state index in [2.05, 4.69) is 11.2 Å². The number of hydrogen-bond acceptors (Lipinski definition) is 2. The van der Waals surface area contributed by atoms with Gasteiger partial charge in [0.2, 0.25) is 0 Å². The standard InChI is InChI=1S/C9H15NO/c1-2-4-9(11)8-5-3-6-10-7-8/h1,8-11H,3-7H2. The zero-order valence-electron chi connectivity index (χ0n) is 6.71. The van der Waals surface area contributed by atoms with Gasteiger partial charge in [0, 0.05) is 13.0 Å². The highest BCUT2D eigenvalue weighted by Gasteiger charge is 2.19. The first-order valence-corrected chi connectivity index (χ1v) is 4.17. The molecular weight excluding hydrogens is 138 g/mol. The molecule has 1 saturated heterocycles. The van der Waals surface area contributed by atoms with Gasteiger partial charge in [-0.25, -0.2) is 0 Å². The molecule has 2 atom stereocenters. The number of piperidine rings is 1. The van der Waals surface area contributed by atoms with Crippen molar-refractivity contribution < 1.29 is 5.11 Å². The van der Waals surface area contributed by atoms with Crippen LogP contribution in [0.5, 0.6) is 0 Å². The van der Waals surface area contributed by atoms with Gasteiger partial charge in [0.1, 0.15) is 0 Å². The smallest absolute Gasteiger partial charge is 0.0689 e. The Hall–Kier alpha value is -0.520. The quantitative estimate of drug-likeness (QED) is 0.562. The molecule has 2 N–H and O–H groups in total. The highest BCUT2D eigenvalue weighted by atomic mass is 16.3. The Labute approximate surface area is 68.0 Å². The van der Waals surface area contributed by atoms with Crippen LogP contribution in [0.3, 0.4) is 0 Å². The fourth-order valence-electron chi connectivity index (χ4n) is 1.49. The highest BCUT2D eigenvalue weighted by molar-refractivity contribution is 4.90. The molecule has 11 heavy (non-hydrogen) atoms. The maximum absolute atomic E-state index is 9.49. The Morgan fingerprint density at radius 2 is 2.55 bits per heavy atom. The van der Waals surface area contributed by atoms with Gasteiger partial charge in [0.05, 0.1) is 6.10 Å². The van der Waals surface area contributed by atoms with Crippen LogP contribution in [0, 0.1) is 18.3 Å². The summed E-state index contributed by atoms with van der Waals surface area (Å²) >= 11 is 0. The predicted molar refractivity (Wildman–Crippen MR) is 45.1 cm³/mol. The Kier molecular flexibility index (Phi) is 3.41. The second kappa shape index (κ2) is 4.38. The molecule has 2 unspecified atom stereocenters. The van der Waals surface area contributed by atoms with Gasteiger partial charge < -0.3 is 10.4 Å². The third kappa shape index (κ3) is 2.53. The van der Waals surface area contributed by atoms with E-state index in [0.717, 1.165) is 25.9 Å². The molecule has 1 aliphatic rings. The Morgan fingerprint density at radius 1 is 1.73 bits per heavy atom. The van der Waals surface area contributed by atoms with Gasteiger partial charge in [0.15, 0.2) is 0 Å². The molecule has 0 aromatic heterocycles. The van der Waals surface area contributed by atoms with Gasteiger partial charge in [-0.2, -0.15) is 0 Å². The van der Waals surface area contributed by atoms with Crippen molar-refractivity contribution in [2.75, 3.05) is 13.1 Å². The van der Waals surface area contributed by atoms with E-state index in [1.165, 1.54) is 0 Å². The van der Waals surface area contributed by atoms with Gasteiger partial charge in [0.25, 0.3) is 0 Å². The van der Waals surface area contributed by atoms with Gasteiger partial charge in [-0.15, -0.1) is 12.3 Å². The minimum Gasteiger partial charge on any atom is -0.392 e. The largest absolute Gasteiger partial charge is 0.392 e. The van der Waals surface area contributed by atoms with Crippen molar-refractivity contribution in [3.05, 3.63) is 0 Å². The summed E-state index contributed by atoms with van der Waals surface area (Å²) in [6.45, 7) is 2.00. The normalized spacial score (nSPS) is 27.5. The third-order valence-corrected chi connectivity index (χ3v) is 2.21. The zero-order valence-corrected chi connectivity index (χ0v) is 6.71. The summed E-state index contributed by atoms with van der Waals surface area (Å²) in [7, 11) is 0. The third-order valence-electron chi connectivity index (χ3n) is 2.21. The molecule has 0 spiro atoms.